The third kappa shape index (κ3) is 5.44. The van der Waals surface area contributed by atoms with Crippen LogP contribution in [0.15, 0.2) is 0 Å². The van der Waals surface area contributed by atoms with Gasteiger partial charge >= 0.3 is 0 Å². The molecule has 0 bridgehead atoms. The van der Waals surface area contributed by atoms with E-state index in [2.05, 4.69) is 5.32 Å². The fourth-order valence-corrected chi connectivity index (χ4v) is 1.63. The number of nitrogens with zero attached hydrogens (tertiary/aromatic N) is 1. The zero-order valence-electron chi connectivity index (χ0n) is 10.0. The van der Waals surface area contributed by atoms with Crippen LogP contribution < -0.4 is 5.32 Å². The molecule has 0 saturated carbocycles. The first-order valence-corrected chi connectivity index (χ1v) is 5.90. The van der Waals surface area contributed by atoms with Crippen molar-refractivity contribution in [3.8, 4) is 0 Å². The van der Waals surface area contributed by atoms with Gasteiger partial charge in [0.15, 0.2) is 0 Å². The summed E-state index contributed by atoms with van der Waals surface area (Å²) in [6.07, 6.45) is 2.01. The van der Waals surface area contributed by atoms with Gasteiger partial charge in [-0.25, -0.2) is 0 Å². The molecule has 0 unspecified atom stereocenters. The van der Waals surface area contributed by atoms with Crippen LogP contribution in [0.25, 0.3) is 0 Å². The Kier molecular flexibility index (Phi) is 7.12. The minimum absolute atomic E-state index is 0.214. The van der Waals surface area contributed by atoms with Crippen LogP contribution in [0.3, 0.4) is 0 Å². The van der Waals surface area contributed by atoms with Gasteiger partial charge in [-0.1, -0.05) is 0 Å². The largest absolute Gasteiger partial charge is 0.382 e. The average Bonchev–Trinajstić information content (AvgIpc) is 2.30. The second-order valence-electron chi connectivity index (χ2n) is 3.87. The van der Waals surface area contributed by atoms with Gasteiger partial charge in [-0.15, -0.1) is 0 Å². The molecule has 1 rings (SSSR count). The van der Waals surface area contributed by atoms with Crippen molar-refractivity contribution in [1.29, 1.82) is 0 Å². The van der Waals surface area contributed by atoms with E-state index >= 15 is 0 Å². The molecule has 1 amide bonds. The number of carbonyl (C=O) groups is 1. The molecule has 5 nitrogen and oxygen atoms in total. The highest BCUT2D eigenvalue weighted by Gasteiger charge is 2.16. The van der Waals surface area contributed by atoms with Crippen molar-refractivity contribution in [3.05, 3.63) is 0 Å². The van der Waals surface area contributed by atoms with E-state index in [0.717, 1.165) is 39.1 Å². The van der Waals surface area contributed by atoms with Crippen molar-refractivity contribution in [3.63, 3.8) is 0 Å². The molecule has 0 spiro atoms. The highest BCUT2D eigenvalue weighted by atomic mass is 16.5. The first-order valence-electron chi connectivity index (χ1n) is 5.90. The summed E-state index contributed by atoms with van der Waals surface area (Å²) < 4.78 is 10.2. The number of nitrogens with one attached hydrogen (secondary N) is 1. The Hall–Kier alpha value is -0.650. The van der Waals surface area contributed by atoms with Crippen LogP contribution in [0, 0.1) is 0 Å². The highest BCUT2D eigenvalue weighted by Crippen LogP contribution is 1.99. The molecule has 1 aliphatic rings. The van der Waals surface area contributed by atoms with Crippen LogP contribution in [-0.4, -0.2) is 63.9 Å². The number of unbranched alkanes of at least 4 members (excludes halogenated alkanes) is 1. The van der Waals surface area contributed by atoms with Crippen molar-refractivity contribution >= 4 is 5.91 Å². The second kappa shape index (κ2) is 8.50. The quantitative estimate of drug-likeness (QED) is 0.590. The van der Waals surface area contributed by atoms with Crippen LogP contribution >= 0.6 is 0 Å². The summed E-state index contributed by atoms with van der Waals surface area (Å²) in [6.45, 7) is 5.15. The van der Waals surface area contributed by atoms with Gasteiger partial charge in [0.2, 0.25) is 5.91 Å². The Morgan fingerprint density at radius 3 is 2.94 bits per heavy atom. The van der Waals surface area contributed by atoms with Crippen molar-refractivity contribution in [1.82, 2.24) is 10.2 Å². The minimum Gasteiger partial charge on any atom is -0.382 e. The molecule has 0 aliphatic carbocycles. The lowest BCUT2D eigenvalue weighted by Gasteiger charge is -2.27. The molecular formula is C11H22N2O3. The van der Waals surface area contributed by atoms with Gasteiger partial charge < -0.3 is 19.7 Å². The SMILES string of the molecule is COCCOCCCCN1CCNCC1=O. The number of hydrogen-bond donors (Lipinski definition) is 1. The van der Waals surface area contributed by atoms with Gasteiger partial charge in [0, 0.05) is 33.4 Å². The van der Waals surface area contributed by atoms with E-state index in [1.54, 1.807) is 7.11 Å². The standard InChI is InChI=1S/C11H22N2O3/c1-15-8-9-16-7-3-2-5-13-6-4-12-10-11(13)14/h12H,2-10H2,1H3. The van der Waals surface area contributed by atoms with E-state index in [1.165, 1.54) is 0 Å². The lowest BCUT2D eigenvalue weighted by atomic mass is 10.2. The molecule has 1 fully saturated rings. The predicted octanol–water partition coefficient (Wildman–Crippen LogP) is -0.139. The number of carbonyl (C=O) groups excluding carboxylic acids is 1. The number of rotatable bonds is 8. The molecule has 0 radical (unpaired) electrons. The van der Waals surface area contributed by atoms with Crippen molar-refractivity contribution in [2.75, 3.05) is 53.1 Å². The molecular weight excluding hydrogens is 208 g/mol. The maximum atomic E-state index is 11.4. The van der Waals surface area contributed by atoms with Gasteiger partial charge in [0.05, 0.1) is 19.8 Å². The maximum Gasteiger partial charge on any atom is 0.236 e. The van der Waals surface area contributed by atoms with Gasteiger partial charge in [0.25, 0.3) is 0 Å². The first kappa shape index (κ1) is 13.4. The molecule has 1 N–H and O–H groups in total. The summed E-state index contributed by atoms with van der Waals surface area (Å²) in [6, 6.07) is 0. The van der Waals surface area contributed by atoms with E-state index in [9.17, 15) is 4.79 Å². The van der Waals surface area contributed by atoms with Crippen molar-refractivity contribution in [2.24, 2.45) is 0 Å². The van der Waals surface area contributed by atoms with Crippen LogP contribution in [0.4, 0.5) is 0 Å². The Balaban J connectivity index is 1.92. The second-order valence-corrected chi connectivity index (χ2v) is 3.87. The smallest absolute Gasteiger partial charge is 0.236 e. The monoisotopic (exact) mass is 230 g/mol. The van der Waals surface area contributed by atoms with Gasteiger partial charge in [-0.2, -0.15) is 0 Å². The summed E-state index contributed by atoms with van der Waals surface area (Å²) in [7, 11) is 1.67. The number of piperazine rings is 1. The molecule has 5 heteroatoms. The number of methoxy groups -OCH3 is 1. The summed E-state index contributed by atoms with van der Waals surface area (Å²) >= 11 is 0. The fraction of sp³-hybridized carbons (Fsp3) is 0.909. The zero-order valence-corrected chi connectivity index (χ0v) is 10.0. The van der Waals surface area contributed by atoms with Gasteiger partial charge in [-0.3, -0.25) is 4.79 Å². The normalized spacial score (nSPS) is 16.8. The molecule has 0 atom stereocenters. The first-order chi connectivity index (χ1) is 7.84. The highest BCUT2D eigenvalue weighted by molar-refractivity contribution is 5.78. The Morgan fingerprint density at radius 1 is 1.31 bits per heavy atom. The number of ether oxygens (including phenoxy) is 2. The van der Waals surface area contributed by atoms with Gasteiger partial charge in [-0.05, 0) is 12.8 Å². The topological polar surface area (TPSA) is 50.8 Å². The predicted molar refractivity (Wildman–Crippen MR) is 61.4 cm³/mol. The summed E-state index contributed by atoms with van der Waals surface area (Å²) in [5.41, 5.74) is 0. The van der Waals surface area contributed by atoms with Crippen molar-refractivity contribution < 1.29 is 14.3 Å². The third-order valence-electron chi connectivity index (χ3n) is 2.59. The summed E-state index contributed by atoms with van der Waals surface area (Å²) in [5, 5.41) is 3.06. The third-order valence-corrected chi connectivity index (χ3v) is 2.59. The zero-order chi connectivity index (χ0) is 11.6. The van der Waals surface area contributed by atoms with Crippen LogP contribution in [0.5, 0.6) is 0 Å². The fourth-order valence-electron chi connectivity index (χ4n) is 1.63. The Labute approximate surface area is 97.1 Å². The minimum atomic E-state index is 0.214. The molecule has 1 saturated heterocycles. The number of hydrogen-bond acceptors (Lipinski definition) is 4. The molecule has 0 aromatic carbocycles. The average molecular weight is 230 g/mol. The lowest BCUT2D eigenvalue weighted by molar-refractivity contribution is -0.132. The van der Waals surface area contributed by atoms with Crippen LogP contribution in [-0.2, 0) is 14.3 Å². The van der Waals surface area contributed by atoms with E-state index in [1.807, 2.05) is 4.90 Å². The maximum absolute atomic E-state index is 11.4. The van der Waals surface area contributed by atoms with Crippen molar-refractivity contribution in [2.45, 2.75) is 12.8 Å². The van der Waals surface area contributed by atoms with Crippen LogP contribution in [0.1, 0.15) is 12.8 Å². The van der Waals surface area contributed by atoms with E-state index in [0.29, 0.717) is 19.8 Å². The lowest BCUT2D eigenvalue weighted by Crippen LogP contribution is -2.48. The van der Waals surface area contributed by atoms with Gasteiger partial charge in [0.1, 0.15) is 0 Å². The van der Waals surface area contributed by atoms with E-state index < -0.39 is 0 Å². The number of amides is 1. The molecule has 0 aromatic rings. The molecule has 16 heavy (non-hydrogen) atoms. The summed E-state index contributed by atoms with van der Waals surface area (Å²) in [4.78, 5) is 13.3. The molecule has 94 valence electrons. The molecule has 1 heterocycles. The Morgan fingerprint density at radius 2 is 2.19 bits per heavy atom. The Bertz CT molecular complexity index is 200. The van der Waals surface area contributed by atoms with Crippen LogP contribution in [0.2, 0.25) is 0 Å². The van der Waals surface area contributed by atoms with E-state index in [-0.39, 0.29) is 5.91 Å². The summed E-state index contributed by atoms with van der Waals surface area (Å²) in [5.74, 6) is 0.214. The van der Waals surface area contributed by atoms with E-state index in [4.69, 9.17) is 9.47 Å². The molecule has 1 aliphatic heterocycles. The molecule has 0 aromatic heterocycles.